The Hall–Kier alpha value is -3.78. The normalized spacial score (nSPS) is 17.5. The number of Topliss-reactive ketones (excluding diaryl/α,β-unsaturated/α-hetero) is 1. The van der Waals surface area contributed by atoms with E-state index in [1.807, 2.05) is 6.92 Å². The number of aliphatic hydroxyl groups is 1. The highest BCUT2D eigenvalue weighted by molar-refractivity contribution is 6.51. The Bertz CT molecular complexity index is 1250. The number of halogens is 1. The van der Waals surface area contributed by atoms with Gasteiger partial charge in [-0.2, -0.15) is 0 Å². The van der Waals surface area contributed by atoms with Crippen LogP contribution in [0.2, 0.25) is 5.02 Å². The van der Waals surface area contributed by atoms with Gasteiger partial charge in [-0.15, -0.1) is 0 Å². The van der Waals surface area contributed by atoms with Crippen LogP contribution in [0.25, 0.3) is 5.76 Å². The number of methoxy groups -OCH3 is 1. The molecule has 8 nitrogen and oxygen atoms in total. The van der Waals surface area contributed by atoms with Gasteiger partial charge in [0.25, 0.3) is 5.78 Å². The van der Waals surface area contributed by atoms with Crippen LogP contribution < -0.4 is 14.4 Å². The minimum atomic E-state index is -0.977. The van der Waals surface area contributed by atoms with Crippen molar-refractivity contribution < 1.29 is 28.7 Å². The third-order valence-electron chi connectivity index (χ3n) is 5.23. The Morgan fingerprint density at radius 3 is 2.48 bits per heavy atom. The molecular weight excluding hydrogens is 448 g/mol. The fraction of sp³-hybridized carbons (Fsp3) is 0.208. The molecule has 0 spiro atoms. The number of hydrogen-bond acceptors (Lipinski definition) is 7. The van der Waals surface area contributed by atoms with Crippen molar-refractivity contribution in [1.82, 2.24) is 5.16 Å². The second-order valence-corrected chi connectivity index (χ2v) is 7.75. The number of benzene rings is 2. The molecule has 1 aliphatic rings. The van der Waals surface area contributed by atoms with Gasteiger partial charge >= 0.3 is 5.91 Å². The van der Waals surface area contributed by atoms with Gasteiger partial charge in [-0.3, -0.25) is 14.5 Å². The third-order valence-corrected chi connectivity index (χ3v) is 5.48. The summed E-state index contributed by atoms with van der Waals surface area (Å²) in [5.74, 6) is -0.461. The third kappa shape index (κ3) is 4.05. The second kappa shape index (κ2) is 8.99. The maximum absolute atomic E-state index is 13.1. The highest BCUT2D eigenvalue weighted by Gasteiger charge is 2.48. The number of aryl methyl sites for hydroxylation is 1. The molecule has 33 heavy (non-hydrogen) atoms. The summed E-state index contributed by atoms with van der Waals surface area (Å²) >= 11 is 5.96. The molecule has 0 saturated carbocycles. The number of carbonyl (C=O) groups excluding carboxylic acids is 2. The fourth-order valence-corrected chi connectivity index (χ4v) is 3.87. The molecule has 1 fully saturated rings. The smallest absolute Gasteiger partial charge is 0.301 e. The van der Waals surface area contributed by atoms with Crippen LogP contribution >= 0.6 is 11.6 Å². The molecule has 1 aliphatic heterocycles. The lowest BCUT2D eigenvalue weighted by atomic mass is 9.95. The molecule has 9 heteroatoms. The average molecular weight is 469 g/mol. The van der Waals surface area contributed by atoms with Crippen LogP contribution in [-0.4, -0.2) is 35.7 Å². The van der Waals surface area contributed by atoms with E-state index < -0.39 is 17.7 Å². The molecule has 0 radical (unpaired) electrons. The van der Waals surface area contributed by atoms with E-state index >= 15 is 0 Å². The molecule has 2 aromatic carbocycles. The first-order chi connectivity index (χ1) is 15.8. The molecule has 1 aromatic heterocycles. The molecule has 0 bridgehead atoms. The minimum Gasteiger partial charge on any atom is -0.507 e. The van der Waals surface area contributed by atoms with Crippen molar-refractivity contribution in [3.05, 3.63) is 76.0 Å². The number of amides is 1. The van der Waals surface area contributed by atoms with Gasteiger partial charge in [0.2, 0.25) is 0 Å². The predicted molar refractivity (Wildman–Crippen MR) is 122 cm³/mol. The zero-order chi connectivity index (χ0) is 23.7. The summed E-state index contributed by atoms with van der Waals surface area (Å²) in [6.07, 6.45) is 0. The summed E-state index contributed by atoms with van der Waals surface area (Å²) in [5.41, 5.74) is 0.775. The van der Waals surface area contributed by atoms with Crippen molar-refractivity contribution in [2.75, 3.05) is 18.6 Å². The van der Waals surface area contributed by atoms with Gasteiger partial charge < -0.3 is 19.1 Å². The van der Waals surface area contributed by atoms with E-state index in [1.54, 1.807) is 55.5 Å². The van der Waals surface area contributed by atoms with Crippen LogP contribution in [0.5, 0.6) is 11.5 Å². The molecule has 1 N–H and O–H groups in total. The first kappa shape index (κ1) is 22.4. The van der Waals surface area contributed by atoms with Crippen LogP contribution in [0.3, 0.4) is 0 Å². The summed E-state index contributed by atoms with van der Waals surface area (Å²) in [7, 11) is 1.49. The number of nitrogens with zero attached hydrogens (tertiary/aromatic N) is 2. The SMILES string of the molecule is CCOc1ccc([C@H]2/C(=C(\O)c3ccc(Cl)cc3)C(=O)C(=O)N2c2cc(C)on2)cc1OC. The molecule has 170 valence electrons. The van der Waals surface area contributed by atoms with E-state index in [0.717, 1.165) is 0 Å². The van der Waals surface area contributed by atoms with Gasteiger partial charge in [0.1, 0.15) is 11.5 Å². The number of aliphatic hydroxyl groups excluding tert-OH is 1. The summed E-state index contributed by atoms with van der Waals surface area (Å²) in [4.78, 5) is 27.4. The number of anilines is 1. The van der Waals surface area contributed by atoms with Crippen LogP contribution in [0.4, 0.5) is 5.82 Å². The summed E-state index contributed by atoms with van der Waals surface area (Å²) < 4.78 is 16.2. The van der Waals surface area contributed by atoms with Crippen molar-refractivity contribution in [1.29, 1.82) is 0 Å². The van der Waals surface area contributed by atoms with E-state index in [2.05, 4.69) is 5.16 Å². The van der Waals surface area contributed by atoms with Crippen molar-refractivity contribution in [3.63, 3.8) is 0 Å². The van der Waals surface area contributed by atoms with E-state index in [4.69, 9.17) is 25.6 Å². The Morgan fingerprint density at radius 1 is 1.15 bits per heavy atom. The van der Waals surface area contributed by atoms with Gasteiger partial charge in [0.05, 0.1) is 25.3 Å². The van der Waals surface area contributed by atoms with Crippen molar-refractivity contribution in [3.8, 4) is 11.5 Å². The Morgan fingerprint density at radius 2 is 1.88 bits per heavy atom. The number of carbonyl (C=O) groups is 2. The molecule has 1 saturated heterocycles. The van der Waals surface area contributed by atoms with E-state index in [9.17, 15) is 14.7 Å². The zero-order valence-electron chi connectivity index (χ0n) is 18.2. The molecule has 3 aromatic rings. The lowest BCUT2D eigenvalue weighted by Crippen LogP contribution is -2.29. The van der Waals surface area contributed by atoms with Gasteiger partial charge in [-0.25, -0.2) is 0 Å². The van der Waals surface area contributed by atoms with Gasteiger partial charge in [-0.05, 0) is 55.8 Å². The average Bonchev–Trinajstić information content (AvgIpc) is 3.35. The Balaban J connectivity index is 1.93. The fourth-order valence-electron chi connectivity index (χ4n) is 3.74. The van der Waals surface area contributed by atoms with Gasteiger partial charge in [-0.1, -0.05) is 22.8 Å². The standard InChI is InChI=1S/C24H21ClN2O6/c1-4-32-17-10-7-15(12-18(17)31-3)21-20(22(28)14-5-8-16(25)9-6-14)23(29)24(30)27(21)19-11-13(2)33-26-19/h5-12,21,28H,4H2,1-3H3/b22-20+/t21-/m0/s1. The topological polar surface area (TPSA) is 102 Å². The van der Waals surface area contributed by atoms with Crippen LogP contribution in [0, 0.1) is 6.92 Å². The van der Waals surface area contributed by atoms with Crippen molar-refractivity contribution >= 4 is 34.9 Å². The number of ether oxygens (including phenoxy) is 2. The van der Waals surface area contributed by atoms with Gasteiger partial charge in [0, 0.05) is 16.7 Å². The van der Waals surface area contributed by atoms with E-state index in [-0.39, 0.29) is 17.2 Å². The lowest BCUT2D eigenvalue weighted by Gasteiger charge is -2.23. The predicted octanol–water partition coefficient (Wildman–Crippen LogP) is 4.67. The number of aromatic nitrogens is 1. The second-order valence-electron chi connectivity index (χ2n) is 7.32. The molecular formula is C24H21ClN2O6. The highest BCUT2D eigenvalue weighted by Crippen LogP contribution is 2.44. The molecule has 0 unspecified atom stereocenters. The molecule has 0 aliphatic carbocycles. The van der Waals surface area contributed by atoms with Crippen LogP contribution in [0.1, 0.15) is 29.9 Å². The summed E-state index contributed by atoms with van der Waals surface area (Å²) in [6, 6.07) is 11.9. The summed E-state index contributed by atoms with van der Waals surface area (Å²) in [6.45, 7) is 3.96. The minimum absolute atomic E-state index is 0.0887. The molecule has 1 amide bonds. The molecule has 1 atom stereocenters. The van der Waals surface area contributed by atoms with Crippen molar-refractivity contribution in [2.24, 2.45) is 0 Å². The maximum atomic E-state index is 13.1. The van der Waals surface area contributed by atoms with Gasteiger partial charge in [0.15, 0.2) is 17.3 Å². The zero-order valence-corrected chi connectivity index (χ0v) is 18.9. The Kier molecular flexibility index (Phi) is 6.11. The monoisotopic (exact) mass is 468 g/mol. The first-order valence-corrected chi connectivity index (χ1v) is 10.5. The number of ketones is 1. The van der Waals surface area contributed by atoms with Crippen LogP contribution in [-0.2, 0) is 9.59 Å². The molecule has 2 heterocycles. The quantitative estimate of drug-likeness (QED) is 0.318. The molecule has 4 rings (SSSR count). The van der Waals surface area contributed by atoms with Crippen molar-refractivity contribution in [2.45, 2.75) is 19.9 Å². The Labute approximate surface area is 195 Å². The number of rotatable bonds is 6. The van der Waals surface area contributed by atoms with Crippen LogP contribution in [0.15, 0.2) is 58.6 Å². The van der Waals surface area contributed by atoms with E-state index in [1.165, 1.54) is 12.0 Å². The summed E-state index contributed by atoms with van der Waals surface area (Å²) in [5, 5.41) is 15.5. The lowest BCUT2D eigenvalue weighted by molar-refractivity contribution is -0.132. The first-order valence-electron chi connectivity index (χ1n) is 10.2. The van der Waals surface area contributed by atoms with E-state index in [0.29, 0.717) is 40.0 Å². The highest BCUT2D eigenvalue weighted by atomic mass is 35.5. The number of hydrogen-bond donors (Lipinski definition) is 1. The maximum Gasteiger partial charge on any atom is 0.301 e. The largest absolute Gasteiger partial charge is 0.507 e.